The van der Waals surface area contributed by atoms with Crippen LogP contribution in [0.5, 0.6) is 0 Å². The number of hydrogen-bond donors (Lipinski definition) is 0. The molecule has 0 fully saturated rings. The molecule has 2 nitrogen and oxygen atoms in total. The third kappa shape index (κ3) is 4.17. The second kappa shape index (κ2) is 11.1. The molecule has 0 N–H and O–H groups in total. The first-order valence-corrected chi connectivity index (χ1v) is 19.0. The fourth-order valence-electron chi connectivity index (χ4n) is 9.85. The van der Waals surface area contributed by atoms with E-state index in [4.69, 9.17) is 4.42 Å². The molecule has 0 atom stereocenters. The van der Waals surface area contributed by atoms with Crippen molar-refractivity contribution in [2.75, 3.05) is 4.90 Å². The van der Waals surface area contributed by atoms with E-state index in [1.165, 1.54) is 66.4 Å². The summed E-state index contributed by atoms with van der Waals surface area (Å²) >= 11 is 0. The summed E-state index contributed by atoms with van der Waals surface area (Å²) in [6.07, 6.45) is 0. The molecule has 9 aromatic rings. The highest BCUT2D eigenvalue weighted by Crippen LogP contribution is 2.57. The lowest BCUT2D eigenvalue weighted by molar-refractivity contribution is 0.659. The molecule has 0 aliphatic heterocycles. The van der Waals surface area contributed by atoms with Gasteiger partial charge in [0.25, 0.3) is 0 Å². The van der Waals surface area contributed by atoms with E-state index < -0.39 is 0 Å². The molecule has 0 radical (unpaired) electrons. The third-order valence-corrected chi connectivity index (χ3v) is 12.4. The van der Waals surface area contributed by atoms with Gasteiger partial charge in [0.05, 0.1) is 5.69 Å². The summed E-state index contributed by atoms with van der Waals surface area (Å²) < 4.78 is 7.27. The van der Waals surface area contributed by atoms with E-state index in [0.29, 0.717) is 0 Å². The van der Waals surface area contributed by atoms with Gasteiger partial charge in [-0.15, -0.1) is 0 Å². The molecule has 0 amide bonds. The van der Waals surface area contributed by atoms with Gasteiger partial charge in [-0.1, -0.05) is 161 Å². The SMILES string of the molecule is CC1(C)c2ccccc2-c2ccc(N(c3ccc(-c4ccccc4)cc3)c3cccc4c3oc3c5ccccc5c5c(c43)C(C)(C)c3ccccc3-5)cc21. The standard InChI is InChI=1S/C52H39NO/c1-51(2)42-22-12-10-17-36(42)37-30-29-35(31-44(37)51)53(34-27-25-33(26-28-34)32-15-6-5-7-16-32)45-24-14-21-41-47-48-46(40-20-11-13-23-43(40)52(48,3)4)38-18-8-9-19-39(38)50(47)54-49(41)45/h5-31H,1-4H3. The second-order valence-electron chi connectivity index (χ2n) is 16.1. The van der Waals surface area contributed by atoms with Crippen LogP contribution in [-0.4, -0.2) is 0 Å². The van der Waals surface area contributed by atoms with Crippen LogP contribution in [0.15, 0.2) is 168 Å². The largest absolute Gasteiger partial charge is 0.453 e. The number of anilines is 3. The fourth-order valence-corrected chi connectivity index (χ4v) is 9.85. The Labute approximate surface area is 315 Å². The molecule has 1 aromatic heterocycles. The molecular formula is C52H39NO. The maximum absolute atomic E-state index is 7.27. The molecule has 0 unspecified atom stereocenters. The molecular weight excluding hydrogens is 655 g/mol. The summed E-state index contributed by atoms with van der Waals surface area (Å²) in [6, 6.07) is 59.9. The first-order valence-electron chi connectivity index (χ1n) is 19.0. The number of fused-ring (bicyclic) bond motifs is 13. The van der Waals surface area contributed by atoms with Gasteiger partial charge in [0, 0.05) is 38.4 Å². The first kappa shape index (κ1) is 31.2. The van der Waals surface area contributed by atoms with Crippen LogP contribution in [0.25, 0.3) is 66.1 Å². The van der Waals surface area contributed by atoms with Gasteiger partial charge < -0.3 is 9.32 Å². The first-order chi connectivity index (χ1) is 26.3. The smallest absolute Gasteiger partial charge is 0.159 e. The number of para-hydroxylation sites is 1. The van der Waals surface area contributed by atoms with Gasteiger partial charge in [-0.2, -0.15) is 0 Å². The molecule has 8 aromatic carbocycles. The van der Waals surface area contributed by atoms with Crippen molar-refractivity contribution in [1.82, 2.24) is 0 Å². The predicted octanol–water partition coefficient (Wildman–Crippen LogP) is 14.5. The monoisotopic (exact) mass is 693 g/mol. The lowest BCUT2D eigenvalue weighted by Crippen LogP contribution is -2.16. The normalized spacial score (nSPS) is 14.6. The summed E-state index contributed by atoms with van der Waals surface area (Å²) in [5.74, 6) is 0. The molecule has 0 saturated heterocycles. The Hall–Kier alpha value is -6.38. The van der Waals surface area contributed by atoms with Crippen molar-refractivity contribution in [3.63, 3.8) is 0 Å². The van der Waals surface area contributed by atoms with Crippen molar-refractivity contribution < 1.29 is 4.42 Å². The number of nitrogens with zero attached hydrogens (tertiary/aromatic N) is 1. The molecule has 2 aliphatic carbocycles. The maximum Gasteiger partial charge on any atom is 0.159 e. The molecule has 0 bridgehead atoms. The average molecular weight is 694 g/mol. The molecule has 0 saturated carbocycles. The van der Waals surface area contributed by atoms with Gasteiger partial charge in [-0.05, 0) is 91.4 Å². The van der Waals surface area contributed by atoms with Crippen molar-refractivity contribution in [3.8, 4) is 33.4 Å². The molecule has 2 aliphatic rings. The zero-order valence-corrected chi connectivity index (χ0v) is 30.9. The van der Waals surface area contributed by atoms with Gasteiger partial charge >= 0.3 is 0 Å². The van der Waals surface area contributed by atoms with Crippen molar-refractivity contribution in [3.05, 3.63) is 186 Å². The van der Waals surface area contributed by atoms with Crippen molar-refractivity contribution in [1.29, 1.82) is 0 Å². The van der Waals surface area contributed by atoms with E-state index in [1.54, 1.807) is 0 Å². The lowest BCUT2D eigenvalue weighted by Gasteiger charge is -2.28. The number of rotatable bonds is 4. The Bertz CT molecular complexity index is 2980. The number of benzene rings is 8. The quantitative estimate of drug-likeness (QED) is 0.182. The summed E-state index contributed by atoms with van der Waals surface area (Å²) in [4.78, 5) is 2.40. The van der Waals surface area contributed by atoms with E-state index in [-0.39, 0.29) is 10.8 Å². The third-order valence-electron chi connectivity index (χ3n) is 12.4. The Kier molecular flexibility index (Phi) is 6.39. The van der Waals surface area contributed by atoms with Gasteiger partial charge in [0.15, 0.2) is 5.58 Å². The van der Waals surface area contributed by atoms with Crippen LogP contribution >= 0.6 is 0 Å². The van der Waals surface area contributed by atoms with Gasteiger partial charge in [0.1, 0.15) is 5.58 Å². The minimum Gasteiger partial charge on any atom is -0.453 e. The lowest BCUT2D eigenvalue weighted by atomic mass is 9.79. The molecule has 54 heavy (non-hydrogen) atoms. The summed E-state index contributed by atoms with van der Waals surface area (Å²) in [5, 5.41) is 4.75. The van der Waals surface area contributed by atoms with E-state index in [0.717, 1.165) is 39.0 Å². The van der Waals surface area contributed by atoms with Gasteiger partial charge in [-0.25, -0.2) is 0 Å². The highest BCUT2D eigenvalue weighted by Gasteiger charge is 2.40. The Morgan fingerprint density at radius 3 is 1.80 bits per heavy atom. The number of hydrogen-bond acceptors (Lipinski definition) is 2. The minimum absolute atomic E-state index is 0.129. The molecule has 258 valence electrons. The Morgan fingerprint density at radius 2 is 1.02 bits per heavy atom. The van der Waals surface area contributed by atoms with Crippen LogP contribution in [0.4, 0.5) is 17.1 Å². The van der Waals surface area contributed by atoms with E-state index in [9.17, 15) is 0 Å². The van der Waals surface area contributed by atoms with Crippen LogP contribution < -0.4 is 4.90 Å². The Balaban J connectivity index is 1.19. The molecule has 1 heterocycles. The predicted molar refractivity (Wildman–Crippen MR) is 226 cm³/mol. The summed E-state index contributed by atoms with van der Waals surface area (Å²) in [6.45, 7) is 9.46. The molecule has 0 spiro atoms. The zero-order valence-electron chi connectivity index (χ0n) is 30.9. The molecule has 11 rings (SSSR count). The van der Waals surface area contributed by atoms with Gasteiger partial charge in [0.2, 0.25) is 0 Å². The van der Waals surface area contributed by atoms with Crippen LogP contribution in [0.1, 0.15) is 49.9 Å². The Morgan fingerprint density at radius 1 is 0.426 bits per heavy atom. The fraction of sp³-hybridized carbons (Fsp3) is 0.115. The van der Waals surface area contributed by atoms with Crippen molar-refractivity contribution >= 4 is 49.8 Å². The van der Waals surface area contributed by atoms with E-state index >= 15 is 0 Å². The number of furan rings is 1. The van der Waals surface area contributed by atoms with E-state index in [1.807, 2.05) is 0 Å². The van der Waals surface area contributed by atoms with Crippen molar-refractivity contribution in [2.45, 2.75) is 38.5 Å². The zero-order chi connectivity index (χ0) is 36.3. The average Bonchev–Trinajstić information content (AvgIpc) is 3.79. The minimum atomic E-state index is -0.200. The van der Waals surface area contributed by atoms with Crippen LogP contribution in [-0.2, 0) is 10.8 Å². The topological polar surface area (TPSA) is 16.4 Å². The van der Waals surface area contributed by atoms with Crippen LogP contribution in [0.2, 0.25) is 0 Å². The summed E-state index contributed by atoms with van der Waals surface area (Å²) in [5.41, 5.74) is 17.9. The van der Waals surface area contributed by atoms with Crippen LogP contribution in [0.3, 0.4) is 0 Å². The maximum atomic E-state index is 7.27. The second-order valence-corrected chi connectivity index (χ2v) is 16.1. The summed E-state index contributed by atoms with van der Waals surface area (Å²) in [7, 11) is 0. The molecule has 2 heteroatoms. The van der Waals surface area contributed by atoms with Crippen molar-refractivity contribution in [2.24, 2.45) is 0 Å². The highest BCUT2D eigenvalue weighted by atomic mass is 16.3. The van der Waals surface area contributed by atoms with Gasteiger partial charge in [-0.3, -0.25) is 0 Å². The highest BCUT2D eigenvalue weighted by molar-refractivity contribution is 6.24. The van der Waals surface area contributed by atoms with E-state index in [2.05, 4.69) is 196 Å². The van der Waals surface area contributed by atoms with Crippen LogP contribution in [0, 0.1) is 0 Å².